The molecule has 1 saturated carbocycles. The van der Waals surface area contributed by atoms with Crippen LogP contribution in [0.5, 0.6) is 0 Å². The molecule has 2 aromatic rings. The van der Waals surface area contributed by atoms with Crippen molar-refractivity contribution in [2.24, 2.45) is 7.05 Å². The lowest BCUT2D eigenvalue weighted by Gasteiger charge is -2.08. The standard InChI is InChI=1S/C13H17N5S/c1-9-7-10(8-14-11-4-5-11)3-6-12(9)19-13-15-16-17-18(13)2/h3,6-7,11,14H,4-5,8H2,1-2H3. The van der Waals surface area contributed by atoms with Crippen LogP contribution in [0.2, 0.25) is 0 Å². The zero-order valence-corrected chi connectivity index (χ0v) is 11.9. The minimum absolute atomic E-state index is 0.749. The SMILES string of the molecule is Cc1cc(CNC2CC2)ccc1Sc1nnnn1C. The van der Waals surface area contributed by atoms with Crippen LogP contribution in [0, 0.1) is 6.92 Å². The Morgan fingerprint density at radius 2 is 2.26 bits per heavy atom. The number of tetrazole rings is 1. The predicted molar refractivity (Wildman–Crippen MR) is 74.0 cm³/mol. The first kappa shape index (κ1) is 12.6. The lowest BCUT2D eigenvalue weighted by Crippen LogP contribution is -2.15. The van der Waals surface area contributed by atoms with Gasteiger partial charge in [-0.05, 0) is 59.1 Å². The molecule has 0 saturated heterocycles. The summed E-state index contributed by atoms with van der Waals surface area (Å²) < 4.78 is 1.69. The van der Waals surface area contributed by atoms with Gasteiger partial charge in [0.15, 0.2) is 0 Å². The molecule has 3 rings (SSSR count). The van der Waals surface area contributed by atoms with E-state index < -0.39 is 0 Å². The average molecular weight is 275 g/mol. The van der Waals surface area contributed by atoms with E-state index >= 15 is 0 Å². The third-order valence-corrected chi connectivity index (χ3v) is 4.40. The van der Waals surface area contributed by atoms with Crippen LogP contribution in [0.3, 0.4) is 0 Å². The second kappa shape index (κ2) is 5.30. The van der Waals surface area contributed by atoms with Gasteiger partial charge in [0.1, 0.15) is 0 Å². The first-order chi connectivity index (χ1) is 9.22. The highest BCUT2D eigenvalue weighted by molar-refractivity contribution is 7.99. The Morgan fingerprint density at radius 1 is 1.42 bits per heavy atom. The van der Waals surface area contributed by atoms with Gasteiger partial charge in [0.25, 0.3) is 0 Å². The summed E-state index contributed by atoms with van der Waals surface area (Å²) in [7, 11) is 1.85. The fourth-order valence-electron chi connectivity index (χ4n) is 1.89. The van der Waals surface area contributed by atoms with E-state index in [2.05, 4.69) is 46.0 Å². The van der Waals surface area contributed by atoms with E-state index in [-0.39, 0.29) is 0 Å². The summed E-state index contributed by atoms with van der Waals surface area (Å²) in [6.45, 7) is 3.09. The zero-order chi connectivity index (χ0) is 13.2. The van der Waals surface area contributed by atoms with Crippen LogP contribution in [0.25, 0.3) is 0 Å². The second-order valence-electron chi connectivity index (χ2n) is 4.94. The van der Waals surface area contributed by atoms with Crippen molar-refractivity contribution in [3.8, 4) is 0 Å². The van der Waals surface area contributed by atoms with Crippen LogP contribution in [-0.4, -0.2) is 26.2 Å². The highest BCUT2D eigenvalue weighted by Gasteiger charge is 2.20. The molecule has 1 aromatic heterocycles. The summed E-state index contributed by atoms with van der Waals surface area (Å²) in [4.78, 5) is 1.20. The van der Waals surface area contributed by atoms with Gasteiger partial charge in [-0.15, -0.1) is 5.10 Å². The Labute approximate surface area is 116 Å². The number of nitrogens with zero attached hydrogens (tertiary/aromatic N) is 4. The number of benzene rings is 1. The Hall–Kier alpha value is -1.40. The summed E-state index contributed by atoms with van der Waals surface area (Å²) in [6, 6.07) is 7.31. The summed E-state index contributed by atoms with van der Waals surface area (Å²) in [5.41, 5.74) is 2.60. The van der Waals surface area contributed by atoms with Crippen LogP contribution in [0.1, 0.15) is 24.0 Å². The summed E-state index contributed by atoms with van der Waals surface area (Å²) >= 11 is 1.60. The van der Waals surface area contributed by atoms with Gasteiger partial charge in [0.2, 0.25) is 5.16 Å². The predicted octanol–water partition coefficient (Wildman–Crippen LogP) is 1.92. The molecule has 0 amide bonds. The number of aromatic nitrogens is 4. The van der Waals surface area contributed by atoms with Crippen LogP contribution < -0.4 is 5.32 Å². The minimum Gasteiger partial charge on any atom is -0.310 e. The Kier molecular flexibility index (Phi) is 3.52. The molecule has 100 valence electrons. The number of hydrogen-bond acceptors (Lipinski definition) is 5. The van der Waals surface area contributed by atoms with Crippen molar-refractivity contribution < 1.29 is 0 Å². The number of rotatable bonds is 5. The van der Waals surface area contributed by atoms with Crippen molar-refractivity contribution in [1.29, 1.82) is 0 Å². The van der Waals surface area contributed by atoms with E-state index in [0.717, 1.165) is 17.7 Å². The number of aryl methyl sites for hydroxylation is 2. The lowest BCUT2D eigenvalue weighted by atomic mass is 10.1. The van der Waals surface area contributed by atoms with E-state index in [1.54, 1.807) is 16.4 Å². The Balaban J connectivity index is 1.70. The van der Waals surface area contributed by atoms with Crippen LogP contribution in [0.4, 0.5) is 0 Å². The molecule has 0 atom stereocenters. The zero-order valence-electron chi connectivity index (χ0n) is 11.1. The molecule has 1 fully saturated rings. The smallest absolute Gasteiger partial charge is 0.213 e. The van der Waals surface area contributed by atoms with Crippen molar-refractivity contribution in [3.63, 3.8) is 0 Å². The normalized spacial score (nSPS) is 14.8. The molecule has 5 nitrogen and oxygen atoms in total. The van der Waals surface area contributed by atoms with E-state index in [4.69, 9.17) is 0 Å². The topological polar surface area (TPSA) is 55.6 Å². The molecule has 1 aliphatic carbocycles. The Morgan fingerprint density at radius 3 is 2.89 bits per heavy atom. The molecule has 1 N–H and O–H groups in total. The van der Waals surface area contributed by atoms with Gasteiger partial charge in [0.05, 0.1) is 0 Å². The van der Waals surface area contributed by atoms with Gasteiger partial charge in [-0.25, -0.2) is 4.68 Å². The number of hydrogen-bond donors (Lipinski definition) is 1. The van der Waals surface area contributed by atoms with E-state index in [9.17, 15) is 0 Å². The van der Waals surface area contributed by atoms with Crippen molar-refractivity contribution in [3.05, 3.63) is 29.3 Å². The van der Waals surface area contributed by atoms with Gasteiger partial charge in [-0.1, -0.05) is 12.1 Å². The fourth-order valence-corrected chi connectivity index (χ4v) is 2.69. The molecule has 0 radical (unpaired) electrons. The molecule has 0 aliphatic heterocycles. The van der Waals surface area contributed by atoms with Crippen molar-refractivity contribution in [2.75, 3.05) is 0 Å². The highest BCUT2D eigenvalue weighted by Crippen LogP contribution is 2.28. The van der Waals surface area contributed by atoms with Crippen molar-refractivity contribution >= 4 is 11.8 Å². The average Bonchev–Trinajstić information content (AvgIpc) is 3.14. The molecule has 1 aromatic carbocycles. The van der Waals surface area contributed by atoms with Gasteiger partial charge in [-0.3, -0.25) is 0 Å². The Bertz CT molecular complexity index is 576. The maximum atomic E-state index is 3.99. The molecule has 0 bridgehead atoms. The van der Waals surface area contributed by atoms with Crippen molar-refractivity contribution in [2.45, 2.75) is 42.4 Å². The van der Waals surface area contributed by atoms with Crippen LogP contribution in [-0.2, 0) is 13.6 Å². The first-order valence-electron chi connectivity index (χ1n) is 6.45. The molecular weight excluding hydrogens is 258 g/mol. The molecule has 19 heavy (non-hydrogen) atoms. The highest BCUT2D eigenvalue weighted by atomic mass is 32.2. The van der Waals surface area contributed by atoms with Gasteiger partial charge in [-0.2, -0.15) is 0 Å². The largest absolute Gasteiger partial charge is 0.310 e. The van der Waals surface area contributed by atoms with E-state index in [1.165, 1.54) is 28.9 Å². The maximum absolute atomic E-state index is 3.99. The minimum atomic E-state index is 0.749. The molecule has 1 aliphatic rings. The van der Waals surface area contributed by atoms with E-state index in [1.807, 2.05) is 7.05 Å². The summed E-state index contributed by atoms with van der Waals surface area (Å²) in [5, 5.41) is 15.8. The molecule has 0 unspecified atom stereocenters. The quantitative estimate of drug-likeness (QED) is 0.903. The van der Waals surface area contributed by atoms with Crippen LogP contribution in [0.15, 0.2) is 28.3 Å². The molecule has 0 spiro atoms. The maximum Gasteiger partial charge on any atom is 0.213 e. The van der Waals surface area contributed by atoms with Crippen LogP contribution >= 0.6 is 11.8 Å². The summed E-state index contributed by atoms with van der Waals surface area (Å²) in [5.74, 6) is 0. The second-order valence-corrected chi connectivity index (χ2v) is 5.95. The number of nitrogens with one attached hydrogen (secondary N) is 1. The van der Waals surface area contributed by atoms with Gasteiger partial charge in [0, 0.05) is 24.5 Å². The molecular formula is C13H17N5S. The van der Waals surface area contributed by atoms with Gasteiger partial charge < -0.3 is 5.32 Å². The fraction of sp³-hybridized carbons (Fsp3) is 0.462. The molecule has 1 heterocycles. The van der Waals surface area contributed by atoms with Gasteiger partial charge >= 0.3 is 0 Å². The first-order valence-corrected chi connectivity index (χ1v) is 7.27. The molecule has 6 heteroatoms. The van der Waals surface area contributed by atoms with E-state index in [0.29, 0.717) is 0 Å². The lowest BCUT2D eigenvalue weighted by molar-refractivity contribution is 0.664. The third kappa shape index (κ3) is 3.13. The monoisotopic (exact) mass is 275 g/mol. The van der Waals surface area contributed by atoms with Crippen molar-refractivity contribution in [1.82, 2.24) is 25.5 Å². The third-order valence-electron chi connectivity index (χ3n) is 3.19. The summed E-state index contributed by atoms with van der Waals surface area (Å²) in [6.07, 6.45) is 2.65.